The van der Waals surface area contributed by atoms with E-state index in [9.17, 15) is 13.2 Å². The molecule has 2 aromatic rings. The zero-order chi connectivity index (χ0) is 13.6. The number of hydrogen-bond donors (Lipinski definition) is 1. The van der Waals surface area contributed by atoms with Gasteiger partial charge in [-0.3, -0.25) is 0 Å². The van der Waals surface area contributed by atoms with Crippen LogP contribution < -0.4 is 15.2 Å². The second-order valence-electron chi connectivity index (χ2n) is 3.84. The lowest BCUT2D eigenvalue weighted by Gasteiger charge is -2.06. The van der Waals surface area contributed by atoms with Gasteiger partial charge < -0.3 is 19.7 Å². The Kier molecular flexibility index (Phi) is 2.34. The van der Waals surface area contributed by atoms with Crippen LogP contribution in [-0.2, 0) is 6.18 Å². The lowest BCUT2D eigenvalue weighted by Crippen LogP contribution is -2.07. The molecule has 0 amide bonds. The van der Waals surface area contributed by atoms with E-state index in [0.717, 1.165) is 0 Å². The number of alkyl halides is 3. The van der Waals surface area contributed by atoms with E-state index >= 15 is 0 Å². The normalized spacial score (nSPS) is 13.8. The minimum atomic E-state index is -4.65. The smallest absolute Gasteiger partial charge is 0.437 e. The molecular weight excluding hydrogens is 265 g/mol. The van der Waals surface area contributed by atoms with Gasteiger partial charge in [-0.1, -0.05) is 11.2 Å². The Bertz CT molecular complexity index is 637. The fraction of sp³-hybridized carbons (Fsp3) is 0.182. The third-order valence-electron chi connectivity index (χ3n) is 2.65. The van der Waals surface area contributed by atoms with Gasteiger partial charge >= 0.3 is 6.18 Å². The Balaban J connectivity index is 2.15. The fourth-order valence-electron chi connectivity index (χ4n) is 1.83. The highest BCUT2D eigenvalue weighted by atomic mass is 19.4. The molecule has 0 unspecified atom stereocenters. The number of fused-ring (bicyclic) bond motifs is 1. The Hall–Kier alpha value is -2.38. The molecule has 1 aromatic carbocycles. The van der Waals surface area contributed by atoms with Gasteiger partial charge in [0.2, 0.25) is 12.7 Å². The lowest BCUT2D eigenvalue weighted by molar-refractivity contribution is -0.142. The molecule has 100 valence electrons. The number of nitrogen functional groups attached to an aromatic ring is 1. The van der Waals surface area contributed by atoms with Gasteiger partial charge in [0.25, 0.3) is 0 Å². The van der Waals surface area contributed by atoms with Crippen molar-refractivity contribution in [2.24, 2.45) is 0 Å². The van der Waals surface area contributed by atoms with Crippen LogP contribution in [0, 0.1) is 0 Å². The average Bonchev–Trinajstić information content (AvgIpc) is 2.92. The van der Waals surface area contributed by atoms with Crippen molar-refractivity contribution in [1.29, 1.82) is 0 Å². The van der Waals surface area contributed by atoms with Crippen molar-refractivity contribution in [1.82, 2.24) is 5.16 Å². The number of nitrogens with zero attached hydrogens (tertiary/aromatic N) is 1. The van der Waals surface area contributed by atoms with E-state index in [1.807, 2.05) is 0 Å². The Morgan fingerprint density at radius 3 is 2.63 bits per heavy atom. The number of anilines is 1. The van der Waals surface area contributed by atoms with Gasteiger partial charge in [-0.05, 0) is 17.7 Å². The molecule has 0 saturated carbocycles. The summed E-state index contributed by atoms with van der Waals surface area (Å²) in [5, 5.41) is 2.96. The van der Waals surface area contributed by atoms with E-state index in [1.54, 1.807) is 0 Å². The number of rotatable bonds is 1. The van der Waals surface area contributed by atoms with Gasteiger partial charge in [-0.2, -0.15) is 13.2 Å². The zero-order valence-electron chi connectivity index (χ0n) is 9.32. The molecule has 2 heterocycles. The van der Waals surface area contributed by atoms with Crippen molar-refractivity contribution >= 4 is 5.88 Å². The van der Waals surface area contributed by atoms with Crippen LogP contribution in [0.2, 0.25) is 0 Å². The summed E-state index contributed by atoms with van der Waals surface area (Å²) in [7, 11) is 0. The molecule has 0 radical (unpaired) electrons. The van der Waals surface area contributed by atoms with Crippen LogP contribution in [0.1, 0.15) is 5.69 Å². The van der Waals surface area contributed by atoms with Gasteiger partial charge in [-0.25, -0.2) is 0 Å². The van der Waals surface area contributed by atoms with Gasteiger partial charge in [0.1, 0.15) is 0 Å². The van der Waals surface area contributed by atoms with Crippen LogP contribution in [0.25, 0.3) is 11.1 Å². The molecule has 5 nitrogen and oxygen atoms in total. The number of halogens is 3. The molecule has 1 aliphatic heterocycles. The molecule has 1 aliphatic rings. The van der Waals surface area contributed by atoms with Crippen molar-refractivity contribution in [3.63, 3.8) is 0 Å². The first-order valence-electron chi connectivity index (χ1n) is 5.19. The van der Waals surface area contributed by atoms with Crippen LogP contribution >= 0.6 is 0 Å². The van der Waals surface area contributed by atoms with Crippen molar-refractivity contribution in [3.8, 4) is 22.6 Å². The first kappa shape index (κ1) is 11.7. The van der Waals surface area contributed by atoms with E-state index in [4.69, 9.17) is 15.2 Å². The molecule has 8 heteroatoms. The highest BCUT2D eigenvalue weighted by molar-refractivity contribution is 5.77. The van der Waals surface area contributed by atoms with Gasteiger partial charge in [0.05, 0.1) is 5.56 Å². The van der Waals surface area contributed by atoms with Crippen LogP contribution in [0.3, 0.4) is 0 Å². The molecule has 19 heavy (non-hydrogen) atoms. The largest absolute Gasteiger partial charge is 0.454 e. The maximum atomic E-state index is 12.8. The number of hydrogen-bond acceptors (Lipinski definition) is 5. The molecule has 1 aromatic heterocycles. The molecule has 0 aliphatic carbocycles. The Labute approximate surface area is 104 Å². The summed E-state index contributed by atoms with van der Waals surface area (Å²) in [6, 6.07) is 4.34. The molecule has 0 spiro atoms. The molecule has 2 N–H and O–H groups in total. The Morgan fingerprint density at radius 2 is 1.89 bits per heavy atom. The van der Waals surface area contributed by atoms with E-state index in [2.05, 4.69) is 9.68 Å². The maximum absolute atomic E-state index is 12.8. The van der Waals surface area contributed by atoms with Crippen molar-refractivity contribution in [2.75, 3.05) is 12.5 Å². The summed E-state index contributed by atoms with van der Waals surface area (Å²) >= 11 is 0. The predicted octanol–water partition coefficient (Wildman–Crippen LogP) is 2.67. The summed E-state index contributed by atoms with van der Waals surface area (Å²) < 4.78 is 53.0. The highest BCUT2D eigenvalue weighted by Crippen LogP contribution is 2.43. The summed E-state index contributed by atoms with van der Waals surface area (Å²) in [6.45, 7) is 0.0318. The summed E-state index contributed by atoms with van der Waals surface area (Å²) in [5.74, 6) is 0.421. The van der Waals surface area contributed by atoms with Crippen LogP contribution in [0.4, 0.5) is 19.1 Å². The monoisotopic (exact) mass is 272 g/mol. The Morgan fingerprint density at radius 1 is 1.16 bits per heavy atom. The third-order valence-corrected chi connectivity index (χ3v) is 2.65. The quantitative estimate of drug-likeness (QED) is 0.864. The van der Waals surface area contributed by atoms with Gasteiger partial charge in [-0.15, -0.1) is 0 Å². The maximum Gasteiger partial charge on any atom is 0.437 e. The summed E-state index contributed by atoms with van der Waals surface area (Å²) in [4.78, 5) is 0. The SMILES string of the molecule is Nc1onc(C(F)(F)F)c1-c1ccc2c(c1)OCO2. The second-order valence-corrected chi connectivity index (χ2v) is 3.84. The van der Waals surface area contributed by atoms with Crippen molar-refractivity contribution in [3.05, 3.63) is 23.9 Å². The number of aromatic nitrogens is 1. The average molecular weight is 272 g/mol. The van der Waals surface area contributed by atoms with Gasteiger partial charge in [0.15, 0.2) is 17.2 Å². The van der Waals surface area contributed by atoms with Crippen LogP contribution in [-0.4, -0.2) is 11.9 Å². The minimum absolute atomic E-state index is 0.0318. The second kappa shape index (κ2) is 3.81. The van der Waals surface area contributed by atoms with E-state index in [0.29, 0.717) is 11.5 Å². The third kappa shape index (κ3) is 1.85. The molecule has 0 saturated heterocycles. The summed E-state index contributed by atoms with van der Waals surface area (Å²) in [5.41, 5.74) is 4.15. The first-order valence-corrected chi connectivity index (χ1v) is 5.19. The van der Waals surface area contributed by atoms with Gasteiger partial charge in [0, 0.05) is 0 Å². The molecule has 0 bridgehead atoms. The zero-order valence-corrected chi connectivity index (χ0v) is 9.32. The van der Waals surface area contributed by atoms with E-state index in [-0.39, 0.29) is 17.9 Å². The predicted molar refractivity (Wildman–Crippen MR) is 57.5 cm³/mol. The topological polar surface area (TPSA) is 70.5 Å². The minimum Gasteiger partial charge on any atom is -0.454 e. The van der Waals surface area contributed by atoms with Crippen molar-refractivity contribution in [2.45, 2.75) is 6.18 Å². The fourth-order valence-corrected chi connectivity index (χ4v) is 1.83. The number of benzene rings is 1. The molecule has 3 rings (SSSR count). The standard InChI is InChI=1S/C11H7F3N2O3/c12-11(13,14)9-8(10(15)19-16-9)5-1-2-6-7(3-5)18-4-17-6/h1-3H,4,15H2. The lowest BCUT2D eigenvalue weighted by atomic mass is 10.0. The first-order chi connectivity index (χ1) is 8.97. The highest BCUT2D eigenvalue weighted by Gasteiger charge is 2.39. The number of ether oxygens (including phenoxy) is 2. The molecule has 0 fully saturated rings. The molecular formula is C11H7F3N2O3. The van der Waals surface area contributed by atoms with E-state index in [1.165, 1.54) is 18.2 Å². The van der Waals surface area contributed by atoms with Crippen LogP contribution in [0.15, 0.2) is 22.7 Å². The van der Waals surface area contributed by atoms with E-state index < -0.39 is 17.8 Å². The number of nitrogens with two attached hydrogens (primary N) is 1. The summed E-state index contributed by atoms with van der Waals surface area (Å²) in [6.07, 6.45) is -4.65. The molecule has 0 atom stereocenters. The van der Waals surface area contributed by atoms with Crippen LogP contribution in [0.5, 0.6) is 11.5 Å². The van der Waals surface area contributed by atoms with Crippen molar-refractivity contribution < 1.29 is 27.2 Å².